The molecule has 29 heavy (non-hydrogen) atoms. The normalized spacial score (nSPS) is 33.8. The Morgan fingerprint density at radius 2 is 1.93 bits per heavy atom. The monoisotopic (exact) mass is 423 g/mol. The molecule has 0 radical (unpaired) electrons. The van der Waals surface area contributed by atoms with Crippen LogP contribution in [-0.2, 0) is 16.7 Å². The van der Waals surface area contributed by atoms with Crippen LogP contribution < -0.4 is 4.18 Å². The van der Waals surface area contributed by atoms with Crippen molar-refractivity contribution in [2.24, 2.45) is 17.3 Å². The first-order chi connectivity index (χ1) is 13.7. The Hall–Kier alpha value is -1.31. The molecule has 3 aliphatic rings. The summed E-state index contributed by atoms with van der Waals surface area (Å²) in [7, 11) is -3.92. The van der Waals surface area contributed by atoms with E-state index in [1.165, 1.54) is 23.2 Å². The van der Waals surface area contributed by atoms with Gasteiger partial charge in [-0.3, -0.25) is 0 Å². The van der Waals surface area contributed by atoms with E-state index >= 15 is 0 Å². The summed E-state index contributed by atoms with van der Waals surface area (Å²) in [5.74, 6) is 0.984. The lowest BCUT2D eigenvalue weighted by Crippen LogP contribution is -2.46. The van der Waals surface area contributed by atoms with Gasteiger partial charge in [-0.25, -0.2) is 0 Å². The smallest absolute Gasteiger partial charge is 0.385 e. The fraction of sp³-hybridized carbons (Fsp3) is 0.727. The number of phenolic OH excluding ortho intramolecular Hbond substituents is 1. The van der Waals surface area contributed by atoms with Gasteiger partial charge in [0.2, 0.25) is 0 Å². The van der Waals surface area contributed by atoms with Crippen LogP contribution in [0.4, 0.5) is 0 Å². The summed E-state index contributed by atoms with van der Waals surface area (Å²) in [4.78, 5) is 0. The van der Waals surface area contributed by atoms with Gasteiger partial charge >= 0.3 is 10.3 Å². The molecule has 3 aliphatic carbocycles. The number of fused-ring (bicyclic) bond motifs is 5. The predicted octanol–water partition coefficient (Wildman–Crippen LogP) is 3.57. The molecule has 162 valence electrons. The van der Waals surface area contributed by atoms with Crippen molar-refractivity contribution < 1.29 is 22.8 Å². The molecule has 6 nitrogen and oxygen atoms in total. The lowest BCUT2D eigenvalue weighted by molar-refractivity contribution is -0.0257. The molecule has 4 rings (SSSR count). The first kappa shape index (κ1) is 20.9. The topological polar surface area (TPSA) is 87.1 Å². The first-order valence-electron chi connectivity index (χ1n) is 10.9. The van der Waals surface area contributed by atoms with Crippen molar-refractivity contribution in [2.45, 2.75) is 71.3 Å². The van der Waals surface area contributed by atoms with Crippen LogP contribution in [-0.4, -0.2) is 42.1 Å². The number of rotatable bonds is 5. The average Bonchev–Trinajstić information content (AvgIpc) is 3.03. The van der Waals surface area contributed by atoms with Crippen LogP contribution in [0.1, 0.15) is 69.9 Å². The lowest BCUT2D eigenvalue weighted by atomic mass is 9.55. The van der Waals surface area contributed by atoms with Crippen LogP contribution in [0.2, 0.25) is 0 Å². The standard InChI is InChI=1S/C22H33NO5S/c1-4-23(5-2)29(26,27)28-15-11-14-12-18(24)21-16(20(14)19(25)13-15)8-10-22(3)9-6-7-17(21)22/h11,13,16-18,21,24-25H,4-10,12H2,1-3H3/t16?,17?,18?,21?,22-/m0/s1. The second kappa shape index (κ2) is 7.43. The summed E-state index contributed by atoms with van der Waals surface area (Å²) < 4.78 is 31.5. The Morgan fingerprint density at radius 1 is 1.21 bits per heavy atom. The molecule has 1 aromatic carbocycles. The van der Waals surface area contributed by atoms with Gasteiger partial charge in [0.05, 0.1) is 6.10 Å². The minimum absolute atomic E-state index is 0.0933. The molecule has 4 unspecified atom stereocenters. The van der Waals surface area contributed by atoms with E-state index in [-0.39, 0.29) is 23.3 Å². The van der Waals surface area contributed by atoms with Crippen LogP contribution in [0, 0.1) is 17.3 Å². The van der Waals surface area contributed by atoms with Crippen LogP contribution >= 0.6 is 0 Å². The lowest BCUT2D eigenvalue weighted by Gasteiger charge is -2.51. The second-order valence-electron chi connectivity index (χ2n) is 9.29. The molecule has 0 aromatic heterocycles. The highest BCUT2D eigenvalue weighted by Crippen LogP contribution is 2.61. The molecule has 0 bridgehead atoms. The Bertz CT molecular complexity index is 881. The SMILES string of the molecule is CCN(CC)S(=O)(=O)Oc1cc(O)c2c(c1)CC(O)C1C2CC[C@]2(C)CCCC12. The Labute approximate surface area is 174 Å². The number of phenols is 1. The Balaban J connectivity index is 1.67. The van der Waals surface area contributed by atoms with E-state index in [9.17, 15) is 18.6 Å². The van der Waals surface area contributed by atoms with E-state index in [4.69, 9.17) is 4.18 Å². The van der Waals surface area contributed by atoms with E-state index in [0.29, 0.717) is 30.8 Å². The third-order valence-electron chi connectivity index (χ3n) is 7.80. The summed E-state index contributed by atoms with van der Waals surface area (Å²) >= 11 is 0. The van der Waals surface area contributed by atoms with Gasteiger partial charge in [-0.05, 0) is 66.9 Å². The van der Waals surface area contributed by atoms with Gasteiger partial charge in [0.25, 0.3) is 0 Å². The summed E-state index contributed by atoms with van der Waals surface area (Å²) in [5.41, 5.74) is 2.00. The van der Waals surface area contributed by atoms with Gasteiger partial charge in [-0.15, -0.1) is 0 Å². The highest BCUT2D eigenvalue weighted by atomic mass is 32.2. The van der Waals surface area contributed by atoms with Crippen molar-refractivity contribution in [1.29, 1.82) is 0 Å². The molecule has 0 heterocycles. The van der Waals surface area contributed by atoms with Crippen molar-refractivity contribution in [3.63, 3.8) is 0 Å². The van der Waals surface area contributed by atoms with Crippen molar-refractivity contribution in [1.82, 2.24) is 4.31 Å². The number of hydrogen-bond donors (Lipinski definition) is 2. The Morgan fingerprint density at radius 3 is 2.62 bits per heavy atom. The fourth-order valence-corrected chi connectivity index (χ4v) is 7.52. The van der Waals surface area contributed by atoms with Gasteiger partial charge in [0.15, 0.2) is 0 Å². The number of hydrogen-bond acceptors (Lipinski definition) is 5. The molecule has 0 saturated heterocycles. The van der Waals surface area contributed by atoms with E-state index in [0.717, 1.165) is 30.4 Å². The molecule has 0 amide bonds. The Kier molecular flexibility index (Phi) is 5.37. The quantitative estimate of drug-likeness (QED) is 0.756. The zero-order chi connectivity index (χ0) is 21.0. The van der Waals surface area contributed by atoms with E-state index in [2.05, 4.69) is 6.92 Å². The maximum atomic E-state index is 12.5. The van der Waals surface area contributed by atoms with Crippen LogP contribution in [0.3, 0.4) is 0 Å². The molecular formula is C22H33NO5S. The molecule has 5 atom stereocenters. The third-order valence-corrected chi connectivity index (χ3v) is 9.35. The average molecular weight is 424 g/mol. The zero-order valence-electron chi connectivity index (χ0n) is 17.6. The van der Waals surface area contributed by atoms with Crippen LogP contribution in [0.25, 0.3) is 0 Å². The fourth-order valence-electron chi connectivity index (χ4n) is 6.45. The van der Waals surface area contributed by atoms with Gasteiger partial charge < -0.3 is 14.4 Å². The molecule has 7 heteroatoms. The molecule has 0 aliphatic heterocycles. The van der Waals surface area contributed by atoms with Crippen LogP contribution in [0.5, 0.6) is 11.5 Å². The molecular weight excluding hydrogens is 390 g/mol. The summed E-state index contributed by atoms with van der Waals surface area (Å²) in [5, 5.41) is 21.9. The van der Waals surface area contributed by atoms with E-state index in [1.54, 1.807) is 19.9 Å². The van der Waals surface area contributed by atoms with Gasteiger partial charge in [0, 0.05) is 24.7 Å². The molecule has 2 fully saturated rings. The maximum absolute atomic E-state index is 12.5. The summed E-state index contributed by atoms with van der Waals surface area (Å²) in [6, 6.07) is 3.12. The van der Waals surface area contributed by atoms with Crippen LogP contribution in [0.15, 0.2) is 12.1 Å². The minimum atomic E-state index is -3.92. The van der Waals surface area contributed by atoms with Crippen molar-refractivity contribution in [3.05, 3.63) is 23.3 Å². The number of nitrogens with zero attached hydrogens (tertiary/aromatic N) is 1. The highest BCUT2D eigenvalue weighted by molar-refractivity contribution is 7.84. The van der Waals surface area contributed by atoms with Gasteiger partial charge in [-0.2, -0.15) is 12.7 Å². The molecule has 2 N–H and O–H groups in total. The van der Waals surface area contributed by atoms with E-state index in [1.807, 2.05) is 0 Å². The third kappa shape index (κ3) is 3.45. The summed E-state index contributed by atoms with van der Waals surface area (Å²) in [6.07, 6.45) is 5.61. The minimum Gasteiger partial charge on any atom is -0.508 e. The van der Waals surface area contributed by atoms with Crippen molar-refractivity contribution >= 4 is 10.3 Å². The molecule has 2 saturated carbocycles. The number of aromatic hydroxyl groups is 1. The maximum Gasteiger partial charge on any atom is 0.385 e. The highest BCUT2D eigenvalue weighted by Gasteiger charge is 2.53. The summed E-state index contributed by atoms with van der Waals surface area (Å²) in [6.45, 7) is 6.50. The van der Waals surface area contributed by atoms with Crippen molar-refractivity contribution in [3.8, 4) is 11.5 Å². The first-order valence-corrected chi connectivity index (χ1v) is 12.3. The zero-order valence-corrected chi connectivity index (χ0v) is 18.4. The number of benzene rings is 1. The number of aliphatic hydroxyl groups is 1. The largest absolute Gasteiger partial charge is 0.508 e. The van der Waals surface area contributed by atoms with Crippen molar-refractivity contribution in [2.75, 3.05) is 13.1 Å². The predicted molar refractivity (Wildman–Crippen MR) is 111 cm³/mol. The van der Waals surface area contributed by atoms with Gasteiger partial charge in [0.1, 0.15) is 11.5 Å². The number of aliphatic hydroxyl groups excluding tert-OH is 1. The van der Waals surface area contributed by atoms with E-state index < -0.39 is 16.4 Å². The molecule has 1 aromatic rings. The van der Waals surface area contributed by atoms with Gasteiger partial charge in [-0.1, -0.05) is 27.2 Å². The second-order valence-corrected chi connectivity index (χ2v) is 10.8. The molecule has 0 spiro atoms.